The van der Waals surface area contributed by atoms with E-state index in [0.717, 1.165) is 16.4 Å². The van der Waals surface area contributed by atoms with Crippen molar-refractivity contribution in [3.8, 4) is 17.6 Å². The molecule has 0 fully saturated rings. The Morgan fingerprint density at radius 1 is 1.11 bits per heavy atom. The van der Waals surface area contributed by atoms with Crippen molar-refractivity contribution in [2.75, 3.05) is 13.7 Å². The van der Waals surface area contributed by atoms with Gasteiger partial charge in [-0.2, -0.15) is 4.98 Å². The number of aromatic nitrogens is 3. The zero-order valence-electron chi connectivity index (χ0n) is 14.9. The molecule has 7 heteroatoms. The van der Waals surface area contributed by atoms with Gasteiger partial charge in [0.05, 0.1) is 36.5 Å². The highest BCUT2D eigenvalue weighted by Gasteiger charge is 2.19. The summed E-state index contributed by atoms with van der Waals surface area (Å²) in [5.41, 5.74) is 2.19. The number of esters is 1. The second-order valence-corrected chi connectivity index (χ2v) is 5.72. The molecular formula is C20H17N3O4. The van der Waals surface area contributed by atoms with E-state index >= 15 is 0 Å². The van der Waals surface area contributed by atoms with Gasteiger partial charge in [-0.1, -0.05) is 18.2 Å². The Labute approximate surface area is 155 Å². The highest BCUT2D eigenvalue weighted by Crippen LogP contribution is 2.30. The molecule has 4 rings (SSSR count). The minimum atomic E-state index is -0.342. The molecule has 0 aliphatic carbocycles. The summed E-state index contributed by atoms with van der Waals surface area (Å²) in [5.74, 6) is 0.591. The van der Waals surface area contributed by atoms with Crippen molar-refractivity contribution in [3.63, 3.8) is 0 Å². The van der Waals surface area contributed by atoms with Gasteiger partial charge < -0.3 is 18.6 Å². The third-order valence-corrected chi connectivity index (χ3v) is 4.10. The summed E-state index contributed by atoms with van der Waals surface area (Å²) in [5, 5.41) is 0.830. The van der Waals surface area contributed by atoms with Crippen LogP contribution in [0.4, 0.5) is 0 Å². The van der Waals surface area contributed by atoms with E-state index in [2.05, 4.69) is 9.97 Å². The van der Waals surface area contributed by atoms with Crippen molar-refractivity contribution in [1.82, 2.24) is 14.4 Å². The van der Waals surface area contributed by atoms with E-state index in [-0.39, 0.29) is 12.0 Å². The topological polar surface area (TPSA) is 75.0 Å². The van der Waals surface area contributed by atoms with E-state index in [1.807, 2.05) is 40.9 Å². The Morgan fingerprint density at radius 3 is 2.78 bits per heavy atom. The fraction of sp³-hybridized carbons (Fsp3) is 0.150. The first-order valence-electron chi connectivity index (χ1n) is 8.46. The summed E-state index contributed by atoms with van der Waals surface area (Å²) in [7, 11) is 1.49. The summed E-state index contributed by atoms with van der Waals surface area (Å²) >= 11 is 0. The smallest absolute Gasteiger partial charge is 0.340 e. The number of nitrogens with zero attached hydrogens (tertiary/aromatic N) is 3. The van der Waals surface area contributed by atoms with Gasteiger partial charge in [0.25, 0.3) is 0 Å². The van der Waals surface area contributed by atoms with Crippen LogP contribution in [0.2, 0.25) is 0 Å². The first-order valence-corrected chi connectivity index (χ1v) is 8.46. The van der Waals surface area contributed by atoms with Crippen LogP contribution in [0.5, 0.6) is 17.6 Å². The number of carbonyl (C=O) groups excluding carboxylic acids is 1. The molecule has 0 aliphatic heterocycles. The zero-order chi connectivity index (χ0) is 18.8. The van der Waals surface area contributed by atoms with Crippen LogP contribution in [0.3, 0.4) is 0 Å². The zero-order valence-corrected chi connectivity index (χ0v) is 14.9. The highest BCUT2D eigenvalue weighted by atomic mass is 16.5. The quantitative estimate of drug-likeness (QED) is 0.501. The molecule has 0 spiro atoms. The third-order valence-electron chi connectivity index (χ3n) is 4.10. The number of rotatable bonds is 5. The van der Waals surface area contributed by atoms with Crippen LogP contribution in [0, 0.1) is 0 Å². The van der Waals surface area contributed by atoms with Crippen LogP contribution >= 0.6 is 0 Å². The molecule has 136 valence electrons. The first-order chi connectivity index (χ1) is 13.2. The molecule has 7 nitrogen and oxygen atoms in total. The Morgan fingerprint density at radius 2 is 1.96 bits per heavy atom. The highest BCUT2D eigenvalue weighted by molar-refractivity contribution is 6.11. The standard InChI is InChI=1S/C20H17N3O4/c1-3-26-19(24)18-14-6-4-5-7-15(14)23-12-13(8-9-16(18)23)27-17-10-11-21-20(22-17)25-2/h4-12H,3H2,1-2H3. The Balaban J connectivity index is 1.82. The SMILES string of the molecule is CCOC(=O)c1c2ccccc2n2cc(Oc3ccnc(OC)n3)ccc12. The minimum Gasteiger partial charge on any atom is -0.467 e. The summed E-state index contributed by atoms with van der Waals surface area (Å²) in [6.45, 7) is 2.11. The maximum absolute atomic E-state index is 12.5. The van der Waals surface area contributed by atoms with E-state index in [1.165, 1.54) is 7.11 Å². The van der Waals surface area contributed by atoms with Gasteiger partial charge in [0.2, 0.25) is 5.88 Å². The Hall–Kier alpha value is -3.61. The van der Waals surface area contributed by atoms with E-state index in [1.54, 1.807) is 25.3 Å². The number of pyridine rings is 1. The summed E-state index contributed by atoms with van der Waals surface area (Å²) in [4.78, 5) is 20.6. The van der Waals surface area contributed by atoms with Crippen molar-refractivity contribution in [2.24, 2.45) is 0 Å². The van der Waals surface area contributed by atoms with Gasteiger partial charge >= 0.3 is 12.0 Å². The van der Waals surface area contributed by atoms with Gasteiger partial charge in [0.15, 0.2) is 0 Å². The molecule has 0 radical (unpaired) electrons. The van der Waals surface area contributed by atoms with Crippen molar-refractivity contribution in [1.29, 1.82) is 0 Å². The summed E-state index contributed by atoms with van der Waals surface area (Å²) < 4.78 is 18.0. The average molecular weight is 363 g/mol. The minimum absolute atomic E-state index is 0.226. The average Bonchev–Trinajstić information content (AvgIpc) is 3.02. The lowest BCUT2D eigenvalue weighted by Gasteiger charge is -2.07. The molecule has 27 heavy (non-hydrogen) atoms. The fourth-order valence-corrected chi connectivity index (χ4v) is 3.00. The van der Waals surface area contributed by atoms with Crippen LogP contribution < -0.4 is 9.47 Å². The summed E-state index contributed by atoms with van der Waals surface area (Å²) in [6, 6.07) is 13.2. The molecular weight excluding hydrogens is 346 g/mol. The second-order valence-electron chi connectivity index (χ2n) is 5.72. The van der Waals surface area contributed by atoms with Gasteiger partial charge in [-0.05, 0) is 25.1 Å². The molecule has 3 aromatic heterocycles. The van der Waals surface area contributed by atoms with Gasteiger partial charge in [-0.25, -0.2) is 9.78 Å². The molecule has 0 amide bonds. The maximum Gasteiger partial charge on any atom is 0.340 e. The van der Waals surface area contributed by atoms with Gasteiger partial charge in [0.1, 0.15) is 5.75 Å². The second kappa shape index (κ2) is 6.95. The number of ether oxygens (including phenoxy) is 3. The van der Waals surface area contributed by atoms with Crippen LogP contribution in [-0.2, 0) is 4.74 Å². The first kappa shape index (κ1) is 16.8. The van der Waals surface area contributed by atoms with Gasteiger partial charge in [-0.3, -0.25) is 0 Å². The molecule has 0 bridgehead atoms. The van der Waals surface area contributed by atoms with E-state index in [4.69, 9.17) is 14.2 Å². The van der Waals surface area contributed by atoms with Gasteiger partial charge in [-0.15, -0.1) is 0 Å². The lowest BCUT2D eigenvalue weighted by atomic mass is 10.1. The van der Waals surface area contributed by atoms with E-state index in [9.17, 15) is 4.79 Å². The molecule has 0 N–H and O–H groups in total. The number of hydrogen-bond donors (Lipinski definition) is 0. The maximum atomic E-state index is 12.5. The largest absolute Gasteiger partial charge is 0.467 e. The van der Waals surface area contributed by atoms with E-state index < -0.39 is 0 Å². The Bertz CT molecular complexity index is 1140. The monoisotopic (exact) mass is 363 g/mol. The Kier molecular flexibility index (Phi) is 4.33. The van der Waals surface area contributed by atoms with E-state index in [0.29, 0.717) is 23.8 Å². The van der Waals surface area contributed by atoms with Crippen molar-refractivity contribution < 1.29 is 19.0 Å². The molecule has 3 heterocycles. The molecule has 0 atom stereocenters. The number of para-hydroxylation sites is 1. The number of hydrogen-bond acceptors (Lipinski definition) is 6. The molecule has 0 unspecified atom stereocenters. The molecule has 4 aromatic rings. The number of methoxy groups -OCH3 is 1. The lowest BCUT2D eigenvalue weighted by Crippen LogP contribution is -2.04. The predicted molar refractivity (Wildman–Crippen MR) is 99.5 cm³/mol. The van der Waals surface area contributed by atoms with Crippen LogP contribution in [0.25, 0.3) is 16.4 Å². The van der Waals surface area contributed by atoms with Crippen molar-refractivity contribution in [2.45, 2.75) is 6.92 Å². The van der Waals surface area contributed by atoms with Crippen LogP contribution in [-0.4, -0.2) is 34.1 Å². The molecule has 0 aliphatic rings. The normalized spacial score (nSPS) is 10.9. The molecule has 0 saturated carbocycles. The summed E-state index contributed by atoms with van der Waals surface area (Å²) in [6.07, 6.45) is 3.37. The number of fused-ring (bicyclic) bond motifs is 3. The fourth-order valence-electron chi connectivity index (χ4n) is 3.00. The third kappa shape index (κ3) is 3.03. The van der Waals surface area contributed by atoms with Crippen LogP contribution in [0.1, 0.15) is 17.3 Å². The molecule has 0 saturated heterocycles. The van der Waals surface area contributed by atoms with Gasteiger partial charge in [0, 0.05) is 17.6 Å². The predicted octanol–water partition coefficient (Wildman–Crippen LogP) is 3.86. The van der Waals surface area contributed by atoms with Crippen molar-refractivity contribution >= 4 is 22.4 Å². The van der Waals surface area contributed by atoms with Crippen LogP contribution in [0.15, 0.2) is 54.9 Å². The molecule has 1 aromatic carbocycles. The van der Waals surface area contributed by atoms with Crippen molar-refractivity contribution in [3.05, 3.63) is 60.4 Å². The number of benzene rings is 1. The number of carbonyl (C=O) groups is 1. The lowest BCUT2D eigenvalue weighted by molar-refractivity contribution is 0.0531.